The van der Waals surface area contributed by atoms with Gasteiger partial charge in [0.05, 0.1) is 13.2 Å². The summed E-state index contributed by atoms with van der Waals surface area (Å²) in [4.78, 5) is 25.5. The highest BCUT2D eigenvalue weighted by Gasteiger charge is 2.54. The highest BCUT2D eigenvalue weighted by molar-refractivity contribution is 6.05. The summed E-state index contributed by atoms with van der Waals surface area (Å²) in [7, 11) is 2.01. The molecule has 0 amide bonds. The normalized spacial score (nSPS) is 26.1. The van der Waals surface area contributed by atoms with Gasteiger partial charge in [0.1, 0.15) is 0 Å². The molecule has 0 radical (unpaired) electrons. The number of likely N-dealkylation sites (tertiary alicyclic amines) is 1. The maximum Gasteiger partial charge on any atom is 0.322 e. The number of carbonyl (C=O) groups excluding carboxylic acids is 1. The molecule has 2 fully saturated rings. The van der Waals surface area contributed by atoms with E-state index in [1.54, 1.807) is 0 Å². The maximum absolute atomic E-state index is 12.2. The molecule has 2 rings (SSSR count). The zero-order valence-electron chi connectivity index (χ0n) is 9.44. The van der Waals surface area contributed by atoms with Crippen molar-refractivity contribution in [3.8, 4) is 0 Å². The molecule has 0 aromatic carbocycles. The largest absolute Gasteiger partial charge is 0.480 e. The van der Waals surface area contributed by atoms with Gasteiger partial charge >= 0.3 is 5.97 Å². The number of carboxylic acids is 1. The number of aliphatic carboxylic acids is 1. The van der Waals surface area contributed by atoms with Crippen LogP contribution in [0.3, 0.4) is 0 Å². The topological polar surface area (TPSA) is 66.8 Å². The second kappa shape index (κ2) is 4.14. The first-order valence-electron chi connectivity index (χ1n) is 5.60. The number of ketones is 1. The number of carboxylic acid groups (broad SMARTS) is 1. The highest BCUT2D eigenvalue weighted by atomic mass is 16.5. The second-order valence-corrected chi connectivity index (χ2v) is 4.82. The van der Waals surface area contributed by atoms with E-state index in [1.165, 1.54) is 0 Å². The van der Waals surface area contributed by atoms with E-state index in [9.17, 15) is 9.59 Å². The smallest absolute Gasteiger partial charge is 0.322 e. The summed E-state index contributed by atoms with van der Waals surface area (Å²) in [5.74, 6) is -1.25. The van der Waals surface area contributed by atoms with Crippen LogP contribution in [0.25, 0.3) is 0 Å². The molecule has 0 aliphatic carbocycles. The predicted octanol–water partition coefficient (Wildman–Crippen LogP) is -0.00150. The summed E-state index contributed by atoms with van der Waals surface area (Å²) < 4.78 is 4.92. The maximum atomic E-state index is 12.2. The molecular weight excluding hydrogens is 210 g/mol. The minimum Gasteiger partial charge on any atom is -0.480 e. The minimum absolute atomic E-state index is 0.0491. The highest BCUT2D eigenvalue weighted by Crippen LogP contribution is 2.34. The van der Waals surface area contributed by atoms with Crippen molar-refractivity contribution in [2.75, 3.05) is 33.4 Å². The van der Waals surface area contributed by atoms with Crippen molar-refractivity contribution in [1.82, 2.24) is 4.90 Å². The number of piperidine rings is 1. The number of rotatable bonds is 3. The first-order valence-corrected chi connectivity index (χ1v) is 5.60. The molecule has 0 unspecified atom stereocenters. The van der Waals surface area contributed by atoms with Gasteiger partial charge in [0.15, 0.2) is 11.2 Å². The van der Waals surface area contributed by atoms with Crippen molar-refractivity contribution in [3.63, 3.8) is 0 Å². The van der Waals surface area contributed by atoms with Crippen molar-refractivity contribution in [2.45, 2.75) is 12.8 Å². The van der Waals surface area contributed by atoms with Gasteiger partial charge in [-0.2, -0.15) is 0 Å². The van der Waals surface area contributed by atoms with Gasteiger partial charge in [-0.05, 0) is 33.0 Å². The molecule has 90 valence electrons. The zero-order chi connectivity index (χ0) is 11.8. The summed E-state index contributed by atoms with van der Waals surface area (Å²) in [5, 5.41) is 9.13. The van der Waals surface area contributed by atoms with Crippen LogP contribution in [0.1, 0.15) is 12.8 Å². The molecule has 5 nitrogen and oxygen atoms in total. The Morgan fingerprint density at radius 2 is 1.88 bits per heavy atom. The van der Waals surface area contributed by atoms with Gasteiger partial charge in [-0.1, -0.05) is 0 Å². The number of ether oxygens (including phenoxy) is 1. The average molecular weight is 227 g/mol. The fraction of sp³-hybridized carbons (Fsp3) is 0.818. The Labute approximate surface area is 94.4 Å². The van der Waals surface area contributed by atoms with Crippen LogP contribution in [-0.4, -0.2) is 55.1 Å². The molecule has 1 N–H and O–H groups in total. The van der Waals surface area contributed by atoms with Crippen molar-refractivity contribution in [3.05, 3.63) is 0 Å². The average Bonchev–Trinajstić information content (AvgIpc) is 2.16. The van der Waals surface area contributed by atoms with Crippen LogP contribution in [0, 0.1) is 11.3 Å². The Morgan fingerprint density at radius 1 is 1.31 bits per heavy atom. The molecule has 16 heavy (non-hydrogen) atoms. The van der Waals surface area contributed by atoms with Crippen LogP contribution in [-0.2, 0) is 14.3 Å². The second-order valence-electron chi connectivity index (χ2n) is 4.82. The van der Waals surface area contributed by atoms with E-state index in [2.05, 4.69) is 4.90 Å². The molecule has 0 saturated carbocycles. The van der Waals surface area contributed by atoms with E-state index >= 15 is 0 Å². The van der Waals surface area contributed by atoms with Crippen molar-refractivity contribution in [1.29, 1.82) is 0 Å². The Hall–Kier alpha value is -0.940. The first-order chi connectivity index (χ1) is 7.56. The fourth-order valence-electron chi connectivity index (χ4n) is 2.34. The Kier molecular flexibility index (Phi) is 2.99. The van der Waals surface area contributed by atoms with Gasteiger partial charge in [0.2, 0.25) is 0 Å². The van der Waals surface area contributed by atoms with Crippen LogP contribution in [0.5, 0.6) is 0 Å². The number of carbonyl (C=O) groups is 2. The lowest BCUT2D eigenvalue weighted by molar-refractivity contribution is -0.186. The Morgan fingerprint density at radius 3 is 2.25 bits per heavy atom. The molecular formula is C11H17NO4. The molecule has 0 aromatic heterocycles. The fourth-order valence-corrected chi connectivity index (χ4v) is 2.34. The lowest BCUT2D eigenvalue weighted by Crippen LogP contribution is -2.57. The zero-order valence-corrected chi connectivity index (χ0v) is 9.44. The molecule has 0 aromatic rings. The number of nitrogens with zero attached hydrogens (tertiary/aromatic N) is 1. The predicted molar refractivity (Wildman–Crippen MR) is 56.1 cm³/mol. The van der Waals surface area contributed by atoms with Gasteiger partial charge < -0.3 is 14.7 Å². The lowest BCUT2D eigenvalue weighted by atomic mass is 9.73. The van der Waals surface area contributed by atoms with Crippen molar-refractivity contribution in [2.24, 2.45) is 11.3 Å². The quantitative estimate of drug-likeness (QED) is 0.687. The standard InChI is InChI=1S/C11H17NO4/c1-12-4-2-8(3-5-12)9(13)11(10(14)15)6-16-7-11/h8H,2-7H2,1H3,(H,14,15). The lowest BCUT2D eigenvalue weighted by Gasteiger charge is -2.40. The third-order valence-electron chi connectivity index (χ3n) is 3.67. The first kappa shape index (κ1) is 11.5. The number of hydrogen-bond donors (Lipinski definition) is 1. The molecule has 0 spiro atoms. The van der Waals surface area contributed by atoms with Gasteiger partial charge in [-0.25, -0.2) is 0 Å². The van der Waals surface area contributed by atoms with Crippen molar-refractivity contribution < 1.29 is 19.4 Å². The summed E-state index contributed by atoms with van der Waals surface area (Å²) in [6.07, 6.45) is 1.54. The monoisotopic (exact) mass is 227 g/mol. The summed E-state index contributed by atoms with van der Waals surface area (Å²) in [5.41, 5.74) is -1.24. The van der Waals surface area contributed by atoms with Crippen LogP contribution in [0.2, 0.25) is 0 Å². The van der Waals surface area contributed by atoms with E-state index in [0.29, 0.717) is 0 Å². The molecule has 0 atom stereocenters. The van der Waals surface area contributed by atoms with Crippen LogP contribution >= 0.6 is 0 Å². The van der Waals surface area contributed by atoms with Crippen LogP contribution in [0.15, 0.2) is 0 Å². The third-order valence-corrected chi connectivity index (χ3v) is 3.67. The van der Waals surface area contributed by atoms with E-state index in [-0.39, 0.29) is 24.9 Å². The van der Waals surface area contributed by atoms with E-state index < -0.39 is 11.4 Å². The Balaban J connectivity index is 2.04. The third kappa shape index (κ3) is 1.74. The van der Waals surface area contributed by atoms with Crippen LogP contribution < -0.4 is 0 Å². The summed E-state index contributed by atoms with van der Waals surface area (Å²) >= 11 is 0. The molecule has 2 aliphatic rings. The summed E-state index contributed by atoms with van der Waals surface area (Å²) in [6.45, 7) is 1.83. The van der Waals surface area contributed by atoms with E-state index in [1.807, 2.05) is 7.05 Å². The minimum atomic E-state index is -1.24. The van der Waals surface area contributed by atoms with Gasteiger partial charge in [-0.3, -0.25) is 9.59 Å². The molecule has 0 bridgehead atoms. The molecule has 2 saturated heterocycles. The Bertz CT molecular complexity index is 303. The van der Waals surface area contributed by atoms with Gasteiger partial charge in [0.25, 0.3) is 0 Å². The van der Waals surface area contributed by atoms with E-state index in [4.69, 9.17) is 9.84 Å². The SMILES string of the molecule is CN1CCC(C(=O)C2(C(=O)O)COC2)CC1. The number of Topliss-reactive ketones (excluding diaryl/α,β-unsaturated/α-hetero) is 1. The molecule has 2 heterocycles. The van der Waals surface area contributed by atoms with Crippen LogP contribution in [0.4, 0.5) is 0 Å². The van der Waals surface area contributed by atoms with E-state index in [0.717, 1.165) is 25.9 Å². The summed E-state index contributed by atoms with van der Waals surface area (Å²) in [6, 6.07) is 0. The molecule has 2 aliphatic heterocycles. The van der Waals surface area contributed by atoms with Gasteiger partial charge in [-0.15, -0.1) is 0 Å². The van der Waals surface area contributed by atoms with Crippen molar-refractivity contribution >= 4 is 11.8 Å². The molecule has 5 heteroatoms. The van der Waals surface area contributed by atoms with Gasteiger partial charge in [0, 0.05) is 5.92 Å². The number of hydrogen-bond acceptors (Lipinski definition) is 4.